The van der Waals surface area contributed by atoms with Gasteiger partial charge in [0, 0.05) is 25.3 Å². The van der Waals surface area contributed by atoms with Crippen molar-refractivity contribution < 1.29 is 14.3 Å². The first-order chi connectivity index (χ1) is 15.6. The number of benzene rings is 2. The number of aromatic nitrogens is 3. The second-order valence-electron chi connectivity index (χ2n) is 7.35. The van der Waals surface area contributed by atoms with Crippen LogP contribution < -0.4 is 15.8 Å². The fourth-order valence-electron chi connectivity index (χ4n) is 3.71. The second kappa shape index (κ2) is 9.65. The zero-order valence-corrected chi connectivity index (χ0v) is 18.3. The maximum Gasteiger partial charge on any atom is 0.257 e. The van der Waals surface area contributed by atoms with Crippen LogP contribution in [0.15, 0.2) is 48.5 Å². The molecule has 0 unspecified atom stereocenters. The van der Waals surface area contributed by atoms with Gasteiger partial charge in [0.1, 0.15) is 22.6 Å². The number of hydrogen-bond donors (Lipinski definition) is 2. The van der Waals surface area contributed by atoms with E-state index in [0.717, 1.165) is 16.8 Å². The molecular formula is C24H27N5O3. The van der Waals surface area contributed by atoms with Crippen molar-refractivity contribution in [2.24, 2.45) is 0 Å². The SMILES string of the molecule is CCOCCCNC(=O)c1c(N)n(Cc2ccccc2OC)c2nc3ccccc3nc12. The number of anilines is 1. The van der Waals surface area contributed by atoms with E-state index in [1.807, 2.05) is 60.0 Å². The maximum absolute atomic E-state index is 13.1. The lowest BCUT2D eigenvalue weighted by atomic mass is 10.2. The number of para-hydroxylation sites is 3. The van der Waals surface area contributed by atoms with Crippen LogP contribution in [0.3, 0.4) is 0 Å². The van der Waals surface area contributed by atoms with E-state index < -0.39 is 0 Å². The number of methoxy groups -OCH3 is 1. The highest BCUT2D eigenvalue weighted by molar-refractivity contribution is 6.10. The summed E-state index contributed by atoms with van der Waals surface area (Å²) >= 11 is 0. The van der Waals surface area contributed by atoms with Crippen LogP contribution in [0.4, 0.5) is 5.82 Å². The van der Waals surface area contributed by atoms with Crippen molar-refractivity contribution >= 4 is 33.9 Å². The van der Waals surface area contributed by atoms with Gasteiger partial charge in [0.15, 0.2) is 5.65 Å². The monoisotopic (exact) mass is 433 g/mol. The molecule has 0 fully saturated rings. The van der Waals surface area contributed by atoms with Crippen molar-refractivity contribution in [1.29, 1.82) is 0 Å². The summed E-state index contributed by atoms with van der Waals surface area (Å²) in [5, 5.41) is 2.93. The average Bonchev–Trinajstić information content (AvgIpc) is 3.08. The van der Waals surface area contributed by atoms with Gasteiger partial charge in [-0.1, -0.05) is 30.3 Å². The van der Waals surface area contributed by atoms with E-state index >= 15 is 0 Å². The number of nitrogens with one attached hydrogen (secondary N) is 1. The molecule has 32 heavy (non-hydrogen) atoms. The summed E-state index contributed by atoms with van der Waals surface area (Å²) in [5.41, 5.74) is 10.3. The maximum atomic E-state index is 13.1. The Labute approximate surface area is 186 Å². The van der Waals surface area contributed by atoms with E-state index in [0.29, 0.717) is 60.8 Å². The Hall–Kier alpha value is -3.65. The van der Waals surface area contributed by atoms with Crippen LogP contribution in [0.1, 0.15) is 29.3 Å². The van der Waals surface area contributed by atoms with Crippen molar-refractivity contribution in [3.05, 3.63) is 59.7 Å². The van der Waals surface area contributed by atoms with Crippen molar-refractivity contribution in [2.45, 2.75) is 19.9 Å². The lowest BCUT2D eigenvalue weighted by molar-refractivity contribution is 0.0946. The molecule has 0 aliphatic heterocycles. The summed E-state index contributed by atoms with van der Waals surface area (Å²) in [7, 11) is 1.63. The van der Waals surface area contributed by atoms with Gasteiger partial charge in [0.05, 0.1) is 24.7 Å². The third kappa shape index (κ3) is 4.22. The van der Waals surface area contributed by atoms with E-state index in [1.165, 1.54) is 0 Å². The van der Waals surface area contributed by atoms with Crippen molar-refractivity contribution in [2.75, 3.05) is 32.6 Å². The molecule has 0 saturated carbocycles. The Balaban J connectivity index is 1.78. The van der Waals surface area contributed by atoms with Gasteiger partial charge in [-0.05, 0) is 31.5 Å². The van der Waals surface area contributed by atoms with Crippen molar-refractivity contribution in [1.82, 2.24) is 19.9 Å². The molecule has 2 aromatic carbocycles. The fourth-order valence-corrected chi connectivity index (χ4v) is 3.71. The van der Waals surface area contributed by atoms with Gasteiger partial charge < -0.3 is 25.1 Å². The van der Waals surface area contributed by atoms with E-state index in [4.69, 9.17) is 25.2 Å². The second-order valence-corrected chi connectivity index (χ2v) is 7.35. The molecule has 8 nitrogen and oxygen atoms in total. The molecule has 2 heterocycles. The van der Waals surface area contributed by atoms with E-state index in [9.17, 15) is 4.79 Å². The van der Waals surface area contributed by atoms with Crippen LogP contribution in [-0.2, 0) is 11.3 Å². The molecule has 4 rings (SSSR count). The molecule has 0 atom stereocenters. The quantitative estimate of drug-likeness (QED) is 0.392. The van der Waals surface area contributed by atoms with Crippen LogP contribution >= 0.6 is 0 Å². The van der Waals surface area contributed by atoms with Crippen LogP contribution in [-0.4, -0.2) is 47.3 Å². The smallest absolute Gasteiger partial charge is 0.257 e. The highest BCUT2D eigenvalue weighted by atomic mass is 16.5. The lowest BCUT2D eigenvalue weighted by Gasteiger charge is -2.11. The summed E-state index contributed by atoms with van der Waals surface area (Å²) in [5.74, 6) is 0.792. The van der Waals surface area contributed by atoms with Crippen LogP contribution in [0.25, 0.3) is 22.2 Å². The van der Waals surface area contributed by atoms with Gasteiger partial charge in [0.25, 0.3) is 5.91 Å². The molecule has 4 aromatic rings. The van der Waals surface area contributed by atoms with Crippen LogP contribution in [0.2, 0.25) is 0 Å². The Morgan fingerprint density at radius 1 is 1.09 bits per heavy atom. The molecule has 0 spiro atoms. The number of nitrogens with zero attached hydrogens (tertiary/aromatic N) is 3. The van der Waals surface area contributed by atoms with E-state index in [-0.39, 0.29) is 5.91 Å². The first-order valence-corrected chi connectivity index (χ1v) is 10.7. The normalized spacial score (nSPS) is 11.2. The minimum absolute atomic E-state index is 0.271. The predicted molar refractivity (Wildman–Crippen MR) is 125 cm³/mol. The van der Waals surface area contributed by atoms with Gasteiger partial charge in [0.2, 0.25) is 0 Å². The van der Waals surface area contributed by atoms with Crippen molar-refractivity contribution in [3.63, 3.8) is 0 Å². The number of rotatable bonds is 9. The molecule has 3 N–H and O–H groups in total. The number of nitrogens with two attached hydrogens (primary N) is 1. The van der Waals surface area contributed by atoms with Crippen LogP contribution in [0, 0.1) is 0 Å². The largest absolute Gasteiger partial charge is 0.496 e. The molecule has 0 radical (unpaired) electrons. The molecule has 0 aliphatic carbocycles. The lowest BCUT2D eigenvalue weighted by Crippen LogP contribution is -2.26. The van der Waals surface area contributed by atoms with Gasteiger partial charge >= 0.3 is 0 Å². The molecule has 0 bridgehead atoms. The van der Waals surface area contributed by atoms with E-state index in [1.54, 1.807) is 7.11 Å². The highest BCUT2D eigenvalue weighted by Gasteiger charge is 2.24. The topological polar surface area (TPSA) is 104 Å². The fraction of sp³-hybridized carbons (Fsp3) is 0.292. The molecule has 0 saturated heterocycles. The summed E-state index contributed by atoms with van der Waals surface area (Å²) in [4.78, 5) is 22.6. The Morgan fingerprint density at radius 3 is 2.56 bits per heavy atom. The molecule has 166 valence electrons. The summed E-state index contributed by atoms with van der Waals surface area (Å²) in [6.45, 7) is 4.07. The zero-order valence-electron chi connectivity index (χ0n) is 18.3. The molecule has 2 aromatic heterocycles. The Kier molecular flexibility index (Phi) is 6.51. The minimum Gasteiger partial charge on any atom is -0.496 e. The summed E-state index contributed by atoms with van der Waals surface area (Å²) in [6.07, 6.45) is 0.716. The number of carbonyl (C=O) groups is 1. The highest BCUT2D eigenvalue weighted by Crippen LogP contribution is 2.30. The summed E-state index contributed by atoms with van der Waals surface area (Å²) in [6, 6.07) is 15.3. The minimum atomic E-state index is -0.271. The first-order valence-electron chi connectivity index (χ1n) is 10.7. The number of carbonyl (C=O) groups excluding carboxylic acids is 1. The number of amides is 1. The molecule has 0 aliphatic rings. The van der Waals surface area contributed by atoms with Gasteiger partial charge in [-0.25, -0.2) is 9.97 Å². The molecule has 8 heteroatoms. The Bertz CT molecular complexity index is 1250. The van der Waals surface area contributed by atoms with Gasteiger partial charge in [-0.15, -0.1) is 0 Å². The number of ether oxygens (including phenoxy) is 2. The van der Waals surface area contributed by atoms with Crippen molar-refractivity contribution in [3.8, 4) is 5.75 Å². The first kappa shape index (κ1) is 21.6. The number of hydrogen-bond acceptors (Lipinski definition) is 6. The third-order valence-electron chi connectivity index (χ3n) is 5.29. The summed E-state index contributed by atoms with van der Waals surface area (Å²) < 4.78 is 12.7. The Morgan fingerprint density at radius 2 is 1.81 bits per heavy atom. The zero-order chi connectivity index (χ0) is 22.5. The third-order valence-corrected chi connectivity index (χ3v) is 5.29. The predicted octanol–water partition coefficient (Wildman–Crippen LogP) is 3.38. The van der Waals surface area contributed by atoms with E-state index in [2.05, 4.69) is 5.32 Å². The number of fused-ring (bicyclic) bond motifs is 2. The molecule has 1 amide bonds. The van der Waals surface area contributed by atoms with Crippen LogP contribution in [0.5, 0.6) is 5.75 Å². The number of nitrogen functional groups attached to an aromatic ring is 1. The molecular weight excluding hydrogens is 406 g/mol. The van der Waals surface area contributed by atoms with Gasteiger partial charge in [-0.2, -0.15) is 0 Å². The average molecular weight is 434 g/mol. The standard InChI is InChI=1S/C24H27N5O3/c1-3-32-14-8-13-26-24(30)20-21-23(28-18-11-6-5-10-17(18)27-21)29(22(20)25)15-16-9-4-7-12-19(16)31-2/h4-7,9-12H,3,8,13-15,25H2,1-2H3,(H,26,30). The van der Waals surface area contributed by atoms with Gasteiger partial charge in [-0.3, -0.25) is 4.79 Å².